The van der Waals surface area contributed by atoms with Gasteiger partial charge in [-0.15, -0.1) is 12.4 Å². The first kappa shape index (κ1) is 19.5. The van der Waals surface area contributed by atoms with Gasteiger partial charge in [0.15, 0.2) is 5.75 Å². The second-order valence-corrected chi connectivity index (χ2v) is 5.91. The molecule has 2 aromatic rings. The van der Waals surface area contributed by atoms with Crippen molar-refractivity contribution in [1.82, 2.24) is 5.32 Å². The van der Waals surface area contributed by atoms with Gasteiger partial charge in [0.1, 0.15) is 5.75 Å². The number of carbonyl (C=O) groups is 1. The number of ether oxygens (including phenoxy) is 2. The third-order valence-corrected chi connectivity index (χ3v) is 3.96. The fourth-order valence-corrected chi connectivity index (χ4v) is 2.66. The standard InChI is InChI=1S/C18H19ClN2O3.ClH/c19-14-5-1-3-7-16(14)24-17-8-4-2-6-15(17)21-18(22)11-13-12-23-10-9-20-13;/h1-8,13,20H,9-12H2,(H,21,22);1H. The minimum atomic E-state index is -0.0896. The Labute approximate surface area is 158 Å². The van der Waals surface area contributed by atoms with Crippen molar-refractivity contribution in [3.63, 3.8) is 0 Å². The summed E-state index contributed by atoms with van der Waals surface area (Å²) in [7, 11) is 0. The van der Waals surface area contributed by atoms with Crippen LogP contribution < -0.4 is 15.4 Å². The van der Waals surface area contributed by atoms with Crippen LogP contribution in [-0.2, 0) is 9.53 Å². The number of halogens is 2. The number of para-hydroxylation sites is 3. The smallest absolute Gasteiger partial charge is 0.226 e. The van der Waals surface area contributed by atoms with Gasteiger partial charge in [0.25, 0.3) is 0 Å². The summed E-state index contributed by atoms with van der Waals surface area (Å²) in [5.74, 6) is 1.00. The van der Waals surface area contributed by atoms with Gasteiger partial charge in [-0.25, -0.2) is 0 Å². The van der Waals surface area contributed by atoms with Crippen molar-refractivity contribution in [3.8, 4) is 11.5 Å². The molecule has 1 unspecified atom stereocenters. The molecule has 1 heterocycles. The van der Waals surface area contributed by atoms with Crippen molar-refractivity contribution < 1.29 is 14.3 Å². The number of nitrogens with one attached hydrogen (secondary N) is 2. The molecule has 1 aliphatic rings. The van der Waals surface area contributed by atoms with Crippen LogP contribution in [0.4, 0.5) is 5.69 Å². The normalized spacial score (nSPS) is 16.6. The van der Waals surface area contributed by atoms with Crippen molar-refractivity contribution in [2.75, 3.05) is 25.1 Å². The molecule has 1 saturated heterocycles. The zero-order valence-electron chi connectivity index (χ0n) is 13.5. The van der Waals surface area contributed by atoms with Gasteiger partial charge in [-0.05, 0) is 24.3 Å². The van der Waals surface area contributed by atoms with E-state index in [0.717, 1.165) is 6.54 Å². The lowest BCUT2D eigenvalue weighted by atomic mass is 10.2. The summed E-state index contributed by atoms with van der Waals surface area (Å²) < 4.78 is 11.2. The predicted molar refractivity (Wildman–Crippen MR) is 101 cm³/mol. The number of morpholine rings is 1. The van der Waals surface area contributed by atoms with Gasteiger partial charge in [-0.1, -0.05) is 35.9 Å². The fourth-order valence-electron chi connectivity index (χ4n) is 2.48. The van der Waals surface area contributed by atoms with Crippen LogP contribution >= 0.6 is 24.0 Å². The molecule has 0 bridgehead atoms. The Kier molecular flexibility index (Phi) is 7.52. The van der Waals surface area contributed by atoms with E-state index in [0.29, 0.717) is 41.8 Å². The SMILES string of the molecule is Cl.O=C(CC1COCCN1)Nc1ccccc1Oc1ccccc1Cl. The van der Waals surface area contributed by atoms with Gasteiger partial charge in [0.2, 0.25) is 5.91 Å². The fraction of sp³-hybridized carbons (Fsp3) is 0.278. The average Bonchev–Trinajstić information content (AvgIpc) is 2.59. The van der Waals surface area contributed by atoms with Crippen LogP contribution in [0.15, 0.2) is 48.5 Å². The Bertz CT molecular complexity index is 706. The Morgan fingerprint density at radius 1 is 1.20 bits per heavy atom. The summed E-state index contributed by atoms with van der Waals surface area (Å²) in [4.78, 5) is 12.3. The third kappa shape index (κ3) is 5.61. The quantitative estimate of drug-likeness (QED) is 0.823. The highest BCUT2D eigenvalue weighted by Crippen LogP contribution is 2.33. The van der Waals surface area contributed by atoms with E-state index in [1.165, 1.54) is 0 Å². The molecule has 1 atom stereocenters. The molecule has 0 saturated carbocycles. The van der Waals surface area contributed by atoms with Gasteiger partial charge < -0.3 is 20.1 Å². The first-order valence-corrected chi connectivity index (χ1v) is 8.22. The van der Waals surface area contributed by atoms with E-state index >= 15 is 0 Å². The molecule has 5 nitrogen and oxygen atoms in total. The molecule has 7 heteroatoms. The van der Waals surface area contributed by atoms with E-state index < -0.39 is 0 Å². The van der Waals surface area contributed by atoms with Crippen molar-refractivity contribution in [2.24, 2.45) is 0 Å². The Hall–Kier alpha value is -1.79. The monoisotopic (exact) mass is 382 g/mol. The number of hydrogen-bond donors (Lipinski definition) is 2. The van der Waals surface area contributed by atoms with Crippen LogP contribution in [0, 0.1) is 0 Å². The molecule has 1 aliphatic heterocycles. The van der Waals surface area contributed by atoms with Crippen LogP contribution in [0.5, 0.6) is 11.5 Å². The lowest BCUT2D eigenvalue weighted by Crippen LogP contribution is -2.43. The molecule has 0 aliphatic carbocycles. The van der Waals surface area contributed by atoms with E-state index in [2.05, 4.69) is 10.6 Å². The van der Waals surface area contributed by atoms with Crippen LogP contribution in [0.3, 0.4) is 0 Å². The van der Waals surface area contributed by atoms with Crippen LogP contribution in [-0.4, -0.2) is 31.7 Å². The van der Waals surface area contributed by atoms with Crippen molar-refractivity contribution in [1.29, 1.82) is 0 Å². The van der Waals surface area contributed by atoms with Gasteiger partial charge in [0.05, 0.1) is 23.9 Å². The topological polar surface area (TPSA) is 59.6 Å². The van der Waals surface area contributed by atoms with Crippen LogP contribution in [0.25, 0.3) is 0 Å². The number of benzene rings is 2. The maximum absolute atomic E-state index is 12.3. The highest BCUT2D eigenvalue weighted by atomic mass is 35.5. The van der Waals surface area contributed by atoms with Gasteiger partial charge in [-0.2, -0.15) is 0 Å². The van der Waals surface area contributed by atoms with E-state index in [4.69, 9.17) is 21.1 Å². The summed E-state index contributed by atoms with van der Waals surface area (Å²) in [5.41, 5.74) is 0.610. The minimum Gasteiger partial charge on any atom is -0.454 e. The molecule has 25 heavy (non-hydrogen) atoms. The lowest BCUT2D eigenvalue weighted by molar-refractivity contribution is -0.117. The lowest BCUT2D eigenvalue weighted by Gasteiger charge is -2.23. The van der Waals surface area contributed by atoms with Gasteiger partial charge >= 0.3 is 0 Å². The largest absolute Gasteiger partial charge is 0.454 e. The molecule has 1 amide bonds. The Balaban J connectivity index is 0.00000225. The second-order valence-electron chi connectivity index (χ2n) is 5.51. The summed E-state index contributed by atoms with van der Waals surface area (Å²) in [6.45, 7) is 2.00. The molecule has 0 radical (unpaired) electrons. The molecule has 0 spiro atoms. The van der Waals surface area contributed by atoms with E-state index in [9.17, 15) is 4.79 Å². The summed E-state index contributed by atoms with van der Waals surface area (Å²) in [6.07, 6.45) is 0.348. The predicted octanol–water partition coefficient (Wildman–Crippen LogP) is 3.87. The summed E-state index contributed by atoms with van der Waals surface area (Å²) in [6, 6.07) is 14.5. The Morgan fingerprint density at radius 3 is 2.64 bits per heavy atom. The van der Waals surface area contributed by atoms with Gasteiger partial charge in [-0.3, -0.25) is 4.79 Å². The number of hydrogen-bond acceptors (Lipinski definition) is 4. The second kappa shape index (κ2) is 9.63. The Morgan fingerprint density at radius 2 is 1.92 bits per heavy atom. The van der Waals surface area contributed by atoms with E-state index in [-0.39, 0.29) is 24.4 Å². The number of anilines is 1. The summed E-state index contributed by atoms with van der Waals surface area (Å²) in [5, 5.41) is 6.67. The van der Waals surface area contributed by atoms with Crippen molar-refractivity contribution >= 4 is 35.6 Å². The first-order chi connectivity index (χ1) is 11.7. The maximum atomic E-state index is 12.3. The van der Waals surface area contributed by atoms with Crippen LogP contribution in [0.1, 0.15) is 6.42 Å². The molecular formula is C18H20Cl2N2O3. The highest BCUT2D eigenvalue weighted by molar-refractivity contribution is 6.32. The summed E-state index contributed by atoms with van der Waals surface area (Å²) >= 11 is 6.13. The molecular weight excluding hydrogens is 363 g/mol. The maximum Gasteiger partial charge on any atom is 0.226 e. The van der Waals surface area contributed by atoms with Crippen molar-refractivity contribution in [3.05, 3.63) is 53.6 Å². The van der Waals surface area contributed by atoms with E-state index in [1.807, 2.05) is 24.3 Å². The molecule has 1 fully saturated rings. The first-order valence-electron chi connectivity index (χ1n) is 7.85. The third-order valence-electron chi connectivity index (χ3n) is 3.65. The molecule has 3 rings (SSSR count). The zero-order valence-corrected chi connectivity index (χ0v) is 15.1. The molecule has 0 aromatic heterocycles. The molecule has 2 aromatic carbocycles. The zero-order chi connectivity index (χ0) is 16.8. The number of amides is 1. The van der Waals surface area contributed by atoms with E-state index in [1.54, 1.807) is 24.3 Å². The van der Waals surface area contributed by atoms with Crippen molar-refractivity contribution in [2.45, 2.75) is 12.5 Å². The highest BCUT2D eigenvalue weighted by Gasteiger charge is 2.18. The van der Waals surface area contributed by atoms with Gasteiger partial charge in [0, 0.05) is 19.0 Å². The number of rotatable bonds is 5. The number of carbonyl (C=O) groups excluding carboxylic acids is 1. The van der Waals surface area contributed by atoms with Crippen LogP contribution in [0.2, 0.25) is 5.02 Å². The minimum absolute atomic E-state index is 0. The molecule has 2 N–H and O–H groups in total. The average molecular weight is 383 g/mol. The molecule has 134 valence electrons.